The third-order valence-electron chi connectivity index (χ3n) is 3.00. The number of Topliss-reactive ketones (excluding diaryl/α,β-unsaturated/α-hetero) is 1. The topological polar surface area (TPSA) is 40.5 Å². The van der Waals surface area contributed by atoms with Crippen molar-refractivity contribution in [3.8, 4) is 0 Å². The van der Waals surface area contributed by atoms with Gasteiger partial charge in [0, 0.05) is 23.0 Å². The van der Waals surface area contributed by atoms with Crippen molar-refractivity contribution in [1.29, 1.82) is 0 Å². The van der Waals surface area contributed by atoms with Crippen LogP contribution in [-0.2, 0) is 0 Å². The number of halogens is 1. The summed E-state index contributed by atoms with van der Waals surface area (Å²) in [5.41, 5.74) is 0.771. The van der Waals surface area contributed by atoms with Crippen LogP contribution in [0.1, 0.15) is 36.5 Å². The van der Waals surface area contributed by atoms with Gasteiger partial charge in [-0.05, 0) is 38.1 Å². The second-order valence-corrected chi connectivity index (χ2v) is 5.51. The Balaban J connectivity index is 2.35. The summed E-state index contributed by atoms with van der Waals surface area (Å²) in [7, 11) is 0. The molecule has 0 bridgehead atoms. The largest absolute Gasteiger partial charge is 0.395 e. The summed E-state index contributed by atoms with van der Waals surface area (Å²) in [6.07, 6.45) is 2.48. The van der Waals surface area contributed by atoms with Gasteiger partial charge in [-0.15, -0.1) is 0 Å². The maximum Gasteiger partial charge on any atom is 0.162 e. The number of carbonyl (C=O) groups is 1. The molecule has 0 saturated heterocycles. The van der Waals surface area contributed by atoms with Crippen LogP contribution in [0.5, 0.6) is 0 Å². The third kappa shape index (κ3) is 6.32. The minimum Gasteiger partial charge on any atom is -0.395 e. The SMILES string of the molecule is CCCN(CCO)CCCC(=O)c1ccc(Br)cc1. The second kappa shape index (κ2) is 9.23. The molecule has 4 heteroatoms. The van der Waals surface area contributed by atoms with Gasteiger partial charge < -0.3 is 10.0 Å². The lowest BCUT2D eigenvalue weighted by Gasteiger charge is -2.20. The molecular weight excluding hydrogens is 306 g/mol. The molecule has 3 nitrogen and oxygen atoms in total. The zero-order valence-electron chi connectivity index (χ0n) is 11.4. The minimum atomic E-state index is 0.181. The lowest BCUT2D eigenvalue weighted by molar-refractivity contribution is 0.0973. The number of aliphatic hydroxyl groups is 1. The van der Waals surface area contributed by atoms with E-state index in [9.17, 15) is 4.79 Å². The predicted octanol–water partition coefficient (Wildman–Crippen LogP) is 3.12. The number of rotatable bonds is 9. The molecule has 0 radical (unpaired) electrons. The summed E-state index contributed by atoms with van der Waals surface area (Å²) < 4.78 is 0.987. The van der Waals surface area contributed by atoms with Crippen molar-refractivity contribution < 1.29 is 9.90 Å². The van der Waals surface area contributed by atoms with Crippen LogP contribution in [0, 0.1) is 0 Å². The zero-order valence-corrected chi connectivity index (χ0v) is 13.0. The monoisotopic (exact) mass is 327 g/mol. The van der Waals surface area contributed by atoms with Crippen molar-refractivity contribution in [1.82, 2.24) is 4.90 Å². The number of benzene rings is 1. The van der Waals surface area contributed by atoms with E-state index in [0.717, 1.165) is 36.0 Å². The number of nitrogens with zero attached hydrogens (tertiary/aromatic N) is 1. The smallest absolute Gasteiger partial charge is 0.162 e. The molecule has 19 heavy (non-hydrogen) atoms. The number of hydrogen-bond acceptors (Lipinski definition) is 3. The van der Waals surface area contributed by atoms with Gasteiger partial charge >= 0.3 is 0 Å². The molecular formula is C15H22BrNO2. The number of carbonyl (C=O) groups excluding carboxylic acids is 1. The fourth-order valence-corrected chi connectivity index (χ4v) is 2.30. The highest BCUT2D eigenvalue weighted by atomic mass is 79.9. The van der Waals surface area contributed by atoms with Crippen LogP contribution < -0.4 is 0 Å². The average Bonchev–Trinajstić information content (AvgIpc) is 2.40. The van der Waals surface area contributed by atoms with Crippen LogP contribution in [0.25, 0.3) is 0 Å². The Bertz CT molecular complexity index is 372. The van der Waals surface area contributed by atoms with E-state index in [1.807, 2.05) is 24.3 Å². The Kier molecular flexibility index (Phi) is 7.94. The van der Waals surface area contributed by atoms with Crippen LogP contribution >= 0.6 is 15.9 Å². The van der Waals surface area contributed by atoms with Gasteiger partial charge in [-0.3, -0.25) is 4.79 Å². The molecule has 1 aromatic carbocycles. The molecule has 0 atom stereocenters. The van der Waals surface area contributed by atoms with Crippen molar-refractivity contribution >= 4 is 21.7 Å². The van der Waals surface area contributed by atoms with Crippen LogP contribution in [0.2, 0.25) is 0 Å². The molecule has 106 valence electrons. The molecule has 0 saturated carbocycles. The van der Waals surface area contributed by atoms with E-state index >= 15 is 0 Å². The van der Waals surface area contributed by atoms with Crippen LogP contribution in [0.4, 0.5) is 0 Å². The van der Waals surface area contributed by atoms with Crippen molar-refractivity contribution in [3.05, 3.63) is 34.3 Å². The summed E-state index contributed by atoms with van der Waals surface area (Å²) >= 11 is 3.36. The van der Waals surface area contributed by atoms with Crippen molar-refractivity contribution in [2.24, 2.45) is 0 Å². The molecule has 1 rings (SSSR count). The first-order valence-corrected chi connectivity index (χ1v) is 7.58. The first kappa shape index (κ1) is 16.3. The Morgan fingerprint density at radius 3 is 2.47 bits per heavy atom. The molecule has 0 aliphatic heterocycles. The molecule has 0 fully saturated rings. The molecule has 0 amide bonds. The predicted molar refractivity (Wildman–Crippen MR) is 81.5 cm³/mol. The van der Waals surface area contributed by atoms with E-state index in [4.69, 9.17) is 5.11 Å². The zero-order chi connectivity index (χ0) is 14.1. The van der Waals surface area contributed by atoms with Gasteiger partial charge in [0.25, 0.3) is 0 Å². The van der Waals surface area contributed by atoms with Crippen LogP contribution in [0.15, 0.2) is 28.7 Å². The third-order valence-corrected chi connectivity index (χ3v) is 3.53. The van der Waals surface area contributed by atoms with Gasteiger partial charge in [0.1, 0.15) is 0 Å². The standard InChI is InChI=1S/C15H22BrNO2/c1-2-9-17(11-12-18)10-3-4-15(19)13-5-7-14(16)8-6-13/h5-8,18H,2-4,9-12H2,1H3. The molecule has 1 N–H and O–H groups in total. The van der Waals surface area contributed by atoms with E-state index < -0.39 is 0 Å². The molecule has 0 aliphatic rings. The maximum atomic E-state index is 12.0. The highest BCUT2D eigenvalue weighted by Gasteiger charge is 2.07. The van der Waals surface area contributed by atoms with E-state index in [1.165, 1.54) is 0 Å². The van der Waals surface area contributed by atoms with Gasteiger partial charge in [0.05, 0.1) is 6.61 Å². The van der Waals surface area contributed by atoms with E-state index in [2.05, 4.69) is 27.8 Å². The Morgan fingerprint density at radius 2 is 1.89 bits per heavy atom. The summed E-state index contributed by atoms with van der Waals surface area (Å²) in [6, 6.07) is 7.48. The lowest BCUT2D eigenvalue weighted by atomic mass is 10.1. The Labute approximate surface area is 123 Å². The average molecular weight is 328 g/mol. The fraction of sp³-hybridized carbons (Fsp3) is 0.533. The van der Waals surface area contributed by atoms with Gasteiger partial charge in [-0.25, -0.2) is 0 Å². The summed E-state index contributed by atoms with van der Waals surface area (Å²) in [6.45, 7) is 4.85. The molecule has 0 heterocycles. The Morgan fingerprint density at radius 1 is 1.21 bits per heavy atom. The first-order chi connectivity index (χ1) is 9.17. The summed E-state index contributed by atoms with van der Waals surface area (Å²) in [5, 5.41) is 8.96. The van der Waals surface area contributed by atoms with E-state index in [1.54, 1.807) is 0 Å². The summed E-state index contributed by atoms with van der Waals surface area (Å²) in [5.74, 6) is 0.188. The second-order valence-electron chi connectivity index (χ2n) is 4.60. The number of aliphatic hydroxyl groups excluding tert-OH is 1. The van der Waals surface area contributed by atoms with Gasteiger partial charge in [-0.2, -0.15) is 0 Å². The minimum absolute atomic E-state index is 0.181. The van der Waals surface area contributed by atoms with Crippen molar-refractivity contribution in [2.45, 2.75) is 26.2 Å². The number of ketones is 1. The van der Waals surface area contributed by atoms with E-state index in [0.29, 0.717) is 13.0 Å². The van der Waals surface area contributed by atoms with Gasteiger partial charge in [-0.1, -0.05) is 35.0 Å². The quantitative estimate of drug-likeness (QED) is 0.708. The van der Waals surface area contributed by atoms with Crippen molar-refractivity contribution in [2.75, 3.05) is 26.2 Å². The molecule has 0 spiro atoms. The van der Waals surface area contributed by atoms with E-state index in [-0.39, 0.29) is 12.4 Å². The maximum absolute atomic E-state index is 12.0. The molecule has 0 aromatic heterocycles. The normalized spacial score (nSPS) is 10.9. The lowest BCUT2D eigenvalue weighted by Crippen LogP contribution is -2.29. The van der Waals surface area contributed by atoms with Gasteiger partial charge in [0.15, 0.2) is 5.78 Å². The van der Waals surface area contributed by atoms with Crippen LogP contribution in [-0.4, -0.2) is 42.0 Å². The molecule has 0 aliphatic carbocycles. The molecule has 0 unspecified atom stereocenters. The van der Waals surface area contributed by atoms with Crippen molar-refractivity contribution in [3.63, 3.8) is 0 Å². The Hall–Kier alpha value is -0.710. The summed E-state index contributed by atoms with van der Waals surface area (Å²) in [4.78, 5) is 14.2. The van der Waals surface area contributed by atoms with Gasteiger partial charge in [0.2, 0.25) is 0 Å². The molecule has 1 aromatic rings. The van der Waals surface area contributed by atoms with Crippen LogP contribution in [0.3, 0.4) is 0 Å². The number of hydrogen-bond donors (Lipinski definition) is 1. The highest BCUT2D eigenvalue weighted by Crippen LogP contribution is 2.12. The fourth-order valence-electron chi connectivity index (χ4n) is 2.04. The highest BCUT2D eigenvalue weighted by molar-refractivity contribution is 9.10. The first-order valence-electron chi connectivity index (χ1n) is 6.79.